The van der Waals surface area contributed by atoms with Gasteiger partial charge in [0.05, 0.1) is 19.7 Å². The van der Waals surface area contributed by atoms with Crippen molar-refractivity contribution < 1.29 is 4.74 Å². The number of aryl methyl sites for hydroxylation is 1. The molecule has 27 heavy (non-hydrogen) atoms. The average Bonchev–Trinajstić information content (AvgIpc) is 3.07. The van der Waals surface area contributed by atoms with Crippen LogP contribution in [-0.4, -0.2) is 58.1 Å². The molecular weight excluding hydrogens is 348 g/mol. The van der Waals surface area contributed by atoms with E-state index in [4.69, 9.17) is 4.74 Å². The Bertz CT molecular complexity index is 985. The van der Waals surface area contributed by atoms with Crippen LogP contribution in [0.2, 0.25) is 0 Å². The zero-order valence-electron chi connectivity index (χ0n) is 16.1. The molecule has 0 spiro atoms. The third kappa shape index (κ3) is 3.63. The average molecular weight is 374 g/mol. The molecule has 1 aliphatic rings. The molecule has 0 aliphatic carbocycles. The summed E-state index contributed by atoms with van der Waals surface area (Å²) in [5.74, 6) is 6.59. The van der Waals surface area contributed by atoms with Crippen molar-refractivity contribution in [2.75, 3.05) is 44.3 Å². The van der Waals surface area contributed by atoms with Crippen LogP contribution in [0.1, 0.15) is 13.8 Å². The van der Waals surface area contributed by atoms with Crippen molar-refractivity contribution in [1.29, 1.82) is 0 Å². The van der Waals surface area contributed by atoms with E-state index >= 15 is 0 Å². The van der Waals surface area contributed by atoms with Gasteiger partial charge >= 0.3 is 5.69 Å². The lowest BCUT2D eigenvalue weighted by Gasteiger charge is -2.28. The Morgan fingerprint density at radius 3 is 2.63 bits per heavy atom. The van der Waals surface area contributed by atoms with Gasteiger partial charge in [-0.15, -0.1) is 5.92 Å². The molecule has 2 aromatic heterocycles. The Kier molecular flexibility index (Phi) is 5.98. The molecule has 3 rings (SSSR count). The maximum atomic E-state index is 13.1. The number of ether oxygens (including phenoxy) is 1. The summed E-state index contributed by atoms with van der Waals surface area (Å²) in [5, 5.41) is 3.31. The normalized spacial score (nSPS) is 14.4. The van der Waals surface area contributed by atoms with Crippen molar-refractivity contribution in [2.24, 2.45) is 7.05 Å². The van der Waals surface area contributed by atoms with Gasteiger partial charge in [-0.25, -0.2) is 4.79 Å². The van der Waals surface area contributed by atoms with Crippen LogP contribution in [0.4, 0.5) is 5.95 Å². The van der Waals surface area contributed by atoms with E-state index in [0.717, 1.165) is 26.2 Å². The molecule has 9 nitrogen and oxygen atoms in total. The molecule has 0 bridgehead atoms. The minimum absolute atomic E-state index is 0.211. The SMILES string of the molecule is CC#CCn1c(N2CCNCC2)nc2c1c(=O)n(CCOCC)c(=O)n2C. The summed E-state index contributed by atoms with van der Waals surface area (Å²) < 4.78 is 9.81. The van der Waals surface area contributed by atoms with E-state index in [1.807, 2.05) is 11.5 Å². The summed E-state index contributed by atoms with van der Waals surface area (Å²) in [6.07, 6.45) is 0. The fourth-order valence-electron chi connectivity index (χ4n) is 3.27. The van der Waals surface area contributed by atoms with Crippen LogP contribution < -0.4 is 21.5 Å². The topological polar surface area (TPSA) is 86.3 Å². The third-order valence-corrected chi connectivity index (χ3v) is 4.69. The van der Waals surface area contributed by atoms with Crippen molar-refractivity contribution >= 4 is 17.1 Å². The second-order valence-corrected chi connectivity index (χ2v) is 6.33. The number of hydrogen-bond acceptors (Lipinski definition) is 6. The Labute approximate surface area is 157 Å². The number of anilines is 1. The van der Waals surface area contributed by atoms with E-state index in [0.29, 0.717) is 36.9 Å². The number of imidazole rings is 1. The first-order valence-electron chi connectivity index (χ1n) is 9.23. The van der Waals surface area contributed by atoms with Gasteiger partial charge in [0.2, 0.25) is 5.95 Å². The van der Waals surface area contributed by atoms with Gasteiger partial charge in [0.25, 0.3) is 5.56 Å². The number of nitrogens with one attached hydrogen (secondary N) is 1. The number of rotatable bonds is 6. The van der Waals surface area contributed by atoms with Crippen LogP contribution in [0.25, 0.3) is 11.2 Å². The predicted molar refractivity (Wildman–Crippen MR) is 104 cm³/mol. The Morgan fingerprint density at radius 1 is 1.22 bits per heavy atom. The molecule has 146 valence electrons. The maximum Gasteiger partial charge on any atom is 0.332 e. The zero-order valence-corrected chi connectivity index (χ0v) is 16.1. The van der Waals surface area contributed by atoms with Gasteiger partial charge in [-0.2, -0.15) is 4.98 Å². The smallest absolute Gasteiger partial charge is 0.332 e. The van der Waals surface area contributed by atoms with E-state index < -0.39 is 0 Å². The largest absolute Gasteiger partial charge is 0.380 e. The number of piperazine rings is 1. The monoisotopic (exact) mass is 374 g/mol. The van der Waals surface area contributed by atoms with Crippen LogP contribution in [0.15, 0.2) is 9.59 Å². The number of nitrogens with zero attached hydrogens (tertiary/aromatic N) is 5. The molecular formula is C18H26N6O3. The van der Waals surface area contributed by atoms with Gasteiger partial charge in [0.15, 0.2) is 11.2 Å². The van der Waals surface area contributed by atoms with Crippen molar-refractivity contribution in [3.8, 4) is 11.8 Å². The highest BCUT2D eigenvalue weighted by atomic mass is 16.5. The van der Waals surface area contributed by atoms with Crippen molar-refractivity contribution in [1.82, 2.24) is 24.0 Å². The lowest BCUT2D eigenvalue weighted by atomic mass is 10.4. The highest BCUT2D eigenvalue weighted by Gasteiger charge is 2.23. The minimum Gasteiger partial charge on any atom is -0.380 e. The van der Waals surface area contributed by atoms with E-state index in [2.05, 4.69) is 27.0 Å². The van der Waals surface area contributed by atoms with Crippen LogP contribution in [-0.2, 0) is 24.9 Å². The van der Waals surface area contributed by atoms with E-state index in [9.17, 15) is 9.59 Å². The van der Waals surface area contributed by atoms with Gasteiger partial charge in [-0.3, -0.25) is 18.5 Å². The van der Waals surface area contributed by atoms with Crippen LogP contribution >= 0.6 is 0 Å². The molecule has 1 N–H and O–H groups in total. The van der Waals surface area contributed by atoms with Gasteiger partial charge in [-0.1, -0.05) is 5.92 Å². The predicted octanol–water partition coefficient (Wildman–Crippen LogP) is -0.634. The van der Waals surface area contributed by atoms with Gasteiger partial charge < -0.3 is 15.0 Å². The first kappa shape index (κ1) is 19.2. The van der Waals surface area contributed by atoms with Gasteiger partial charge in [-0.05, 0) is 13.8 Å². The molecule has 0 amide bonds. The fraction of sp³-hybridized carbons (Fsp3) is 0.611. The standard InChI is InChI=1S/C18H26N6O3/c1-4-6-9-23-14-15(20-17(23)22-10-7-19-8-11-22)21(3)18(26)24(16(14)25)12-13-27-5-2/h19H,5,7-13H2,1-3H3. The van der Waals surface area contributed by atoms with E-state index in [-0.39, 0.29) is 17.8 Å². The molecule has 0 atom stereocenters. The quantitative estimate of drug-likeness (QED) is 0.535. The second-order valence-electron chi connectivity index (χ2n) is 6.33. The number of hydrogen-bond donors (Lipinski definition) is 1. The summed E-state index contributed by atoms with van der Waals surface area (Å²) in [7, 11) is 1.64. The first-order chi connectivity index (χ1) is 13.1. The Hall–Kier alpha value is -2.57. The number of aromatic nitrogens is 4. The zero-order chi connectivity index (χ0) is 19.4. The Morgan fingerprint density at radius 2 is 1.96 bits per heavy atom. The number of fused-ring (bicyclic) bond motifs is 1. The summed E-state index contributed by atoms with van der Waals surface area (Å²) in [4.78, 5) is 32.6. The summed E-state index contributed by atoms with van der Waals surface area (Å²) in [6, 6.07) is 0. The highest BCUT2D eigenvalue weighted by Crippen LogP contribution is 2.19. The minimum atomic E-state index is -0.384. The molecule has 2 aromatic rings. The van der Waals surface area contributed by atoms with E-state index in [1.165, 1.54) is 9.13 Å². The van der Waals surface area contributed by atoms with Crippen LogP contribution in [0.5, 0.6) is 0 Å². The maximum absolute atomic E-state index is 13.1. The molecule has 1 aliphatic heterocycles. The molecule has 1 saturated heterocycles. The third-order valence-electron chi connectivity index (χ3n) is 4.69. The molecule has 0 saturated carbocycles. The summed E-state index contributed by atoms with van der Waals surface area (Å²) >= 11 is 0. The summed E-state index contributed by atoms with van der Waals surface area (Å²) in [6.45, 7) is 8.32. The van der Waals surface area contributed by atoms with Crippen LogP contribution in [0, 0.1) is 11.8 Å². The van der Waals surface area contributed by atoms with Crippen LogP contribution in [0.3, 0.4) is 0 Å². The van der Waals surface area contributed by atoms with Crippen molar-refractivity contribution in [3.05, 3.63) is 20.8 Å². The fourth-order valence-corrected chi connectivity index (χ4v) is 3.27. The molecule has 0 radical (unpaired) electrons. The van der Waals surface area contributed by atoms with E-state index in [1.54, 1.807) is 14.0 Å². The lowest BCUT2D eigenvalue weighted by molar-refractivity contribution is 0.137. The van der Waals surface area contributed by atoms with Crippen molar-refractivity contribution in [3.63, 3.8) is 0 Å². The van der Waals surface area contributed by atoms with Gasteiger partial charge in [0.1, 0.15) is 0 Å². The lowest BCUT2D eigenvalue weighted by Crippen LogP contribution is -2.44. The highest BCUT2D eigenvalue weighted by molar-refractivity contribution is 5.74. The molecule has 1 fully saturated rings. The molecule has 3 heterocycles. The van der Waals surface area contributed by atoms with Crippen molar-refractivity contribution in [2.45, 2.75) is 26.9 Å². The Balaban J connectivity index is 2.20. The second kappa shape index (κ2) is 8.41. The molecule has 0 unspecified atom stereocenters. The van der Waals surface area contributed by atoms with Gasteiger partial charge in [0, 0.05) is 39.8 Å². The molecule has 9 heteroatoms. The first-order valence-corrected chi connectivity index (χ1v) is 9.23. The summed E-state index contributed by atoms with van der Waals surface area (Å²) in [5.41, 5.74) is 0.0684. The molecule has 0 aromatic carbocycles.